The molecule has 1 N–H and O–H groups in total. The van der Waals surface area contributed by atoms with Crippen LogP contribution in [0.3, 0.4) is 0 Å². The minimum atomic E-state index is 0.186. The topological polar surface area (TPSA) is 52.2 Å². The average molecular weight is 293 g/mol. The van der Waals surface area contributed by atoms with Gasteiger partial charge in [-0.2, -0.15) is 0 Å². The summed E-state index contributed by atoms with van der Waals surface area (Å²) in [4.78, 5) is 4.47. The Bertz CT molecular complexity index is 998. The van der Waals surface area contributed by atoms with E-state index in [1.807, 2.05) is 54.3 Å². The highest BCUT2D eigenvalue weighted by Crippen LogP contribution is 2.33. The number of hydrogen-bond donors (Lipinski definition) is 1. The van der Waals surface area contributed by atoms with Gasteiger partial charge in [-0.05, 0) is 30.3 Å². The first kappa shape index (κ1) is 12.8. The Labute approximate surface area is 127 Å². The van der Waals surface area contributed by atoms with Crippen LogP contribution in [0, 0.1) is 0 Å². The first-order chi connectivity index (χ1) is 10.7. The minimum absolute atomic E-state index is 0.186. The van der Waals surface area contributed by atoms with E-state index in [0.717, 1.165) is 33.2 Å². The lowest BCUT2D eigenvalue weighted by atomic mass is 10.2. The van der Waals surface area contributed by atoms with Gasteiger partial charge in [-0.15, -0.1) is 0 Å². The van der Waals surface area contributed by atoms with Gasteiger partial charge in [0.25, 0.3) is 0 Å². The van der Waals surface area contributed by atoms with Crippen LogP contribution in [0.5, 0.6) is 11.6 Å². The van der Waals surface area contributed by atoms with Crippen LogP contribution < -0.4 is 4.74 Å². The zero-order valence-electron chi connectivity index (χ0n) is 12.3. The summed E-state index contributed by atoms with van der Waals surface area (Å²) in [5.41, 5.74) is 1.74. The Balaban J connectivity index is 1.93. The molecule has 5 nitrogen and oxygen atoms in total. The van der Waals surface area contributed by atoms with Crippen LogP contribution in [0.1, 0.15) is 0 Å². The monoisotopic (exact) mass is 293 g/mol. The number of aryl methyl sites for hydroxylation is 1. The maximum absolute atomic E-state index is 10.5. The van der Waals surface area contributed by atoms with Crippen molar-refractivity contribution in [3.8, 4) is 17.3 Å². The summed E-state index contributed by atoms with van der Waals surface area (Å²) in [7, 11) is 3.57. The van der Waals surface area contributed by atoms with Gasteiger partial charge < -0.3 is 14.4 Å². The molecule has 0 aliphatic rings. The standard InChI is InChI=1S/C17H15N3O2/c1-19-6-5-11-7-13(9-18-16(11)19)20-10-12-3-4-14(22-2)8-15(12)17(20)21/h3-10,21H,1-2H3. The van der Waals surface area contributed by atoms with Crippen molar-refractivity contribution in [1.29, 1.82) is 0 Å². The number of methoxy groups -OCH3 is 1. The highest BCUT2D eigenvalue weighted by molar-refractivity contribution is 5.90. The molecule has 4 aromatic rings. The zero-order chi connectivity index (χ0) is 15.3. The number of aromatic hydroxyl groups is 1. The fraction of sp³-hybridized carbons (Fsp3) is 0.118. The molecule has 0 aliphatic carbocycles. The van der Waals surface area contributed by atoms with Crippen molar-refractivity contribution in [2.75, 3.05) is 7.11 Å². The maximum Gasteiger partial charge on any atom is 0.203 e. The number of benzene rings is 1. The van der Waals surface area contributed by atoms with Crippen LogP contribution in [0.15, 0.2) is 48.9 Å². The molecule has 0 saturated heterocycles. The molecule has 0 amide bonds. The molecule has 4 rings (SSSR count). The Morgan fingerprint density at radius 1 is 1.14 bits per heavy atom. The lowest BCUT2D eigenvalue weighted by molar-refractivity contribution is 0.414. The average Bonchev–Trinajstić information content (AvgIpc) is 3.08. The third-order valence-electron chi connectivity index (χ3n) is 3.97. The third kappa shape index (κ3) is 1.75. The van der Waals surface area contributed by atoms with Crippen LogP contribution >= 0.6 is 0 Å². The molecule has 3 heterocycles. The number of fused-ring (bicyclic) bond motifs is 2. The molecule has 0 saturated carbocycles. The minimum Gasteiger partial charge on any atom is -0.497 e. The van der Waals surface area contributed by atoms with Gasteiger partial charge in [0, 0.05) is 35.6 Å². The molecule has 0 spiro atoms. The molecule has 110 valence electrons. The summed E-state index contributed by atoms with van der Waals surface area (Å²) in [5, 5.41) is 13.3. The van der Waals surface area contributed by atoms with E-state index in [1.165, 1.54) is 0 Å². The van der Waals surface area contributed by atoms with E-state index in [0.29, 0.717) is 0 Å². The van der Waals surface area contributed by atoms with Crippen molar-refractivity contribution in [3.05, 3.63) is 48.9 Å². The highest BCUT2D eigenvalue weighted by Gasteiger charge is 2.12. The fourth-order valence-corrected chi connectivity index (χ4v) is 2.77. The molecule has 0 aliphatic heterocycles. The molecule has 5 heteroatoms. The van der Waals surface area contributed by atoms with Crippen molar-refractivity contribution in [3.63, 3.8) is 0 Å². The molecule has 0 radical (unpaired) electrons. The van der Waals surface area contributed by atoms with Gasteiger partial charge in [0.1, 0.15) is 11.4 Å². The van der Waals surface area contributed by atoms with E-state index in [-0.39, 0.29) is 5.88 Å². The second-order valence-corrected chi connectivity index (χ2v) is 5.31. The predicted molar refractivity (Wildman–Crippen MR) is 85.8 cm³/mol. The molecular formula is C17H15N3O2. The Morgan fingerprint density at radius 2 is 2.00 bits per heavy atom. The zero-order valence-corrected chi connectivity index (χ0v) is 12.3. The van der Waals surface area contributed by atoms with E-state index < -0.39 is 0 Å². The Morgan fingerprint density at radius 3 is 2.82 bits per heavy atom. The summed E-state index contributed by atoms with van der Waals surface area (Å²) >= 11 is 0. The number of nitrogens with zero attached hydrogens (tertiary/aromatic N) is 3. The normalized spacial score (nSPS) is 11.4. The second kappa shape index (κ2) is 4.53. The van der Waals surface area contributed by atoms with Gasteiger partial charge >= 0.3 is 0 Å². The molecule has 0 fully saturated rings. The molecular weight excluding hydrogens is 278 g/mol. The Kier molecular flexibility index (Phi) is 2.63. The number of ether oxygens (including phenoxy) is 1. The second-order valence-electron chi connectivity index (χ2n) is 5.31. The SMILES string of the molecule is COc1ccc2cn(-c3cnc4c(ccn4C)c3)c(O)c2c1. The van der Waals surface area contributed by atoms with Crippen LogP contribution in [-0.4, -0.2) is 26.3 Å². The van der Waals surface area contributed by atoms with Gasteiger partial charge in [-0.1, -0.05) is 0 Å². The number of rotatable bonds is 2. The van der Waals surface area contributed by atoms with Crippen LogP contribution in [0.2, 0.25) is 0 Å². The van der Waals surface area contributed by atoms with Crippen molar-refractivity contribution in [2.45, 2.75) is 0 Å². The van der Waals surface area contributed by atoms with Crippen LogP contribution in [0.4, 0.5) is 0 Å². The van der Waals surface area contributed by atoms with Crippen LogP contribution in [-0.2, 0) is 7.05 Å². The quantitative estimate of drug-likeness (QED) is 0.617. The van der Waals surface area contributed by atoms with Gasteiger partial charge in [0.05, 0.1) is 19.0 Å². The van der Waals surface area contributed by atoms with Crippen molar-refractivity contribution >= 4 is 21.8 Å². The molecule has 3 aromatic heterocycles. The van der Waals surface area contributed by atoms with E-state index >= 15 is 0 Å². The lowest BCUT2D eigenvalue weighted by Crippen LogP contribution is -1.94. The smallest absolute Gasteiger partial charge is 0.203 e. The summed E-state index contributed by atoms with van der Waals surface area (Å²) in [6.45, 7) is 0. The van der Waals surface area contributed by atoms with Crippen LogP contribution in [0.25, 0.3) is 27.5 Å². The fourth-order valence-electron chi connectivity index (χ4n) is 2.77. The van der Waals surface area contributed by atoms with Crippen molar-refractivity contribution in [1.82, 2.24) is 14.1 Å². The van der Waals surface area contributed by atoms with E-state index in [9.17, 15) is 5.11 Å². The first-order valence-electron chi connectivity index (χ1n) is 6.97. The molecule has 0 unspecified atom stereocenters. The summed E-state index contributed by atoms with van der Waals surface area (Å²) < 4.78 is 8.93. The lowest BCUT2D eigenvalue weighted by Gasteiger charge is -2.05. The molecule has 0 atom stereocenters. The predicted octanol–water partition coefficient (Wildman–Crippen LogP) is 3.23. The van der Waals surface area contributed by atoms with Crippen molar-refractivity contribution in [2.24, 2.45) is 7.05 Å². The molecule has 1 aromatic carbocycles. The van der Waals surface area contributed by atoms with Gasteiger partial charge in [-0.25, -0.2) is 4.98 Å². The van der Waals surface area contributed by atoms with E-state index in [4.69, 9.17) is 4.74 Å². The van der Waals surface area contributed by atoms with Crippen molar-refractivity contribution < 1.29 is 9.84 Å². The Hall–Kier alpha value is -2.95. The van der Waals surface area contributed by atoms with E-state index in [1.54, 1.807) is 17.9 Å². The summed E-state index contributed by atoms with van der Waals surface area (Å²) in [6, 6.07) is 9.66. The maximum atomic E-state index is 10.5. The summed E-state index contributed by atoms with van der Waals surface area (Å²) in [6.07, 6.45) is 5.63. The highest BCUT2D eigenvalue weighted by atomic mass is 16.5. The van der Waals surface area contributed by atoms with Gasteiger partial charge in [0.15, 0.2) is 0 Å². The number of aromatic nitrogens is 3. The molecule has 22 heavy (non-hydrogen) atoms. The third-order valence-corrected chi connectivity index (χ3v) is 3.97. The summed E-state index contributed by atoms with van der Waals surface area (Å²) in [5.74, 6) is 0.906. The number of hydrogen-bond acceptors (Lipinski definition) is 3. The molecule has 0 bridgehead atoms. The van der Waals surface area contributed by atoms with Gasteiger partial charge in [-0.3, -0.25) is 4.57 Å². The first-order valence-corrected chi connectivity index (χ1v) is 6.97. The largest absolute Gasteiger partial charge is 0.497 e. The van der Waals surface area contributed by atoms with Gasteiger partial charge in [0.2, 0.25) is 5.88 Å². The number of pyridine rings is 1. The van der Waals surface area contributed by atoms with E-state index in [2.05, 4.69) is 4.98 Å².